The van der Waals surface area contributed by atoms with E-state index in [0.29, 0.717) is 12.4 Å². The molecule has 2 rings (SSSR count). The SMILES string of the molecule is O=C(O)C=Cc1cc(Br)ccc1OCc1ccc(I)cc1. The molecule has 0 unspecified atom stereocenters. The number of halogens is 2. The van der Waals surface area contributed by atoms with Crippen molar-refractivity contribution in [3.8, 4) is 5.75 Å². The van der Waals surface area contributed by atoms with Crippen LogP contribution in [0.1, 0.15) is 11.1 Å². The van der Waals surface area contributed by atoms with E-state index in [1.54, 1.807) is 0 Å². The summed E-state index contributed by atoms with van der Waals surface area (Å²) in [7, 11) is 0. The Morgan fingerprint density at radius 3 is 2.62 bits per heavy atom. The molecule has 0 spiro atoms. The van der Waals surface area contributed by atoms with Crippen molar-refractivity contribution >= 4 is 50.6 Å². The molecule has 108 valence electrons. The van der Waals surface area contributed by atoms with Gasteiger partial charge in [0.2, 0.25) is 0 Å². The van der Waals surface area contributed by atoms with Crippen molar-refractivity contribution < 1.29 is 14.6 Å². The van der Waals surface area contributed by atoms with Crippen molar-refractivity contribution in [2.45, 2.75) is 6.61 Å². The number of carboxylic acid groups (broad SMARTS) is 1. The Balaban J connectivity index is 2.15. The maximum atomic E-state index is 10.6. The van der Waals surface area contributed by atoms with Gasteiger partial charge in [0.15, 0.2) is 0 Å². The lowest BCUT2D eigenvalue weighted by Crippen LogP contribution is -1.97. The standard InChI is InChI=1S/C16H12BrIO3/c17-13-4-7-15(12(9-13)3-8-16(19)20)21-10-11-1-5-14(18)6-2-11/h1-9H,10H2,(H,19,20). The molecule has 3 nitrogen and oxygen atoms in total. The van der Waals surface area contributed by atoms with Gasteiger partial charge in [-0.1, -0.05) is 28.1 Å². The van der Waals surface area contributed by atoms with Gasteiger partial charge in [0.05, 0.1) is 0 Å². The normalized spacial score (nSPS) is 10.8. The maximum Gasteiger partial charge on any atom is 0.328 e. The van der Waals surface area contributed by atoms with Crippen molar-refractivity contribution in [1.29, 1.82) is 0 Å². The first-order valence-corrected chi connectivity index (χ1v) is 7.99. The minimum absolute atomic E-state index is 0.437. The lowest BCUT2D eigenvalue weighted by atomic mass is 10.2. The second-order valence-corrected chi connectivity index (χ2v) is 6.43. The van der Waals surface area contributed by atoms with Crippen molar-refractivity contribution in [3.05, 3.63) is 67.7 Å². The Kier molecular flexibility index (Phi) is 5.81. The Labute approximate surface area is 144 Å². The van der Waals surface area contributed by atoms with Crippen molar-refractivity contribution in [3.63, 3.8) is 0 Å². The van der Waals surface area contributed by atoms with Gasteiger partial charge >= 0.3 is 5.97 Å². The van der Waals surface area contributed by atoms with E-state index in [1.165, 1.54) is 9.65 Å². The van der Waals surface area contributed by atoms with Crippen LogP contribution < -0.4 is 4.74 Å². The zero-order valence-electron chi connectivity index (χ0n) is 10.9. The molecular formula is C16H12BrIO3. The number of carboxylic acids is 1. The van der Waals surface area contributed by atoms with E-state index >= 15 is 0 Å². The van der Waals surface area contributed by atoms with E-state index in [9.17, 15) is 4.79 Å². The van der Waals surface area contributed by atoms with Gasteiger partial charge in [-0.05, 0) is 64.6 Å². The summed E-state index contributed by atoms with van der Waals surface area (Å²) in [6.45, 7) is 0.437. The van der Waals surface area contributed by atoms with Crippen LogP contribution in [0, 0.1) is 3.57 Å². The number of carbonyl (C=O) groups is 1. The molecule has 0 heterocycles. The minimum Gasteiger partial charge on any atom is -0.488 e. The molecule has 0 fully saturated rings. The Morgan fingerprint density at radius 2 is 1.95 bits per heavy atom. The Hall–Kier alpha value is -1.34. The molecule has 21 heavy (non-hydrogen) atoms. The smallest absolute Gasteiger partial charge is 0.328 e. The highest BCUT2D eigenvalue weighted by atomic mass is 127. The Morgan fingerprint density at radius 1 is 1.24 bits per heavy atom. The molecule has 0 amide bonds. The van der Waals surface area contributed by atoms with E-state index < -0.39 is 5.97 Å². The second-order valence-electron chi connectivity index (χ2n) is 4.27. The van der Waals surface area contributed by atoms with Crippen LogP contribution in [-0.4, -0.2) is 11.1 Å². The van der Waals surface area contributed by atoms with Crippen LogP contribution in [0.25, 0.3) is 6.08 Å². The molecule has 5 heteroatoms. The molecule has 0 saturated carbocycles. The van der Waals surface area contributed by atoms with Crippen molar-refractivity contribution in [2.24, 2.45) is 0 Å². The highest BCUT2D eigenvalue weighted by molar-refractivity contribution is 14.1. The van der Waals surface area contributed by atoms with Gasteiger partial charge in [-0.3, -0.25) is 0 Å². The molecule has 2 aromatic rings. The monoisotopic (exact) mass is 458 g/mol. The third-order valence-corrected chi connectivity index (χ3v) is 3.90. The summed E-state index contributed by atoms with van der Waals surface area (Å²) in [5.41, 5.74) is 1.78. The van der Waals surface area contributed by atoms with Crippen molar-refractivity contribution in [2.75, 3.05) is 0 Å². The summed E-state index contributed by atoms with van der Waals surface area (Å²) in [5.74, 6) is -0.340. The number of aliphatic carboxylic acids is 1. The molecule has 0 aromatic heterocycles. The predicted octanol–water partition coefficient (Wildman–Crippen LogP) is 4.73. The van der Waals surface area contributed by atoms with Gasteiger partial charge < -0.3 is 9.84 Å². The third-order valence-electron chi connectivity index (χ3n) is 2.68. The van der Waals surface area contributed by atoms with E-state index in [4.69, 9.17) is 9.84 Å². The number of ether oxygens (including phenoxy) is 1. The summed E-state index contributed by atoms with van der Waals surface area (Å²) in [5, 5.41) is 8.73. The molecule has 0 aliphatic carbocycles. The van der Waals surface area contributed by atoms with Crippen LogP contribution in [0.4, 0.5) is 0 Å². The fourth-order valence-electron chi connectivity index (χ4n) is 1.68. The molecule has 0 aliphatic heterocycles. The Bertz CT molecular complexity index is 666. The first kappa shape index (κ1) is 16.0. The van der Waals surface area contributed by atoms with Gasteiger partial charge in [0.1, 0.15) is 12.4 Å². The number of hydrogen-bond acceptors (Lipinski definition) is 2. The van der Waals surface area contributed by atoms with E-state index in [1.807, 2.05) is 42.5 Å². The minimum atomic E-state index is -0.987. The lowest BCUT2D eigenvalue weighted by Gasteiger charge is -2.10. The number of rotatable bonds is 5. The molecule has 0 saturated heterocycles. The predicted molar refractivity (Wildman–Crippen MR) is 94.3 cm³/mol. The number of hydrogen-bond donors (Lipinski definition) is 1. The van der Waals surface area contributed by atoms with Crippen molar-refractivity contribution in [1.82, 2.24) is 0 Å². The average Bonchev–Trinajstić information content (AvgIpc) is 2.45. The second kappa shape index (κ2) is 7.61. The van der Waals surface area contributed by atoms with Gasteiger partial charge in [0.25, 0.3) is 0 Å². The highest BCUT2D eigenvalue weighted by Gasteiger charge is 2.03. The summed E-state index contributed by atoms with van der Waals surface area (Å²) >= 11 is 5.62. The van der Waals surface area contributed by atoms with Gasteiger partial charge in [-0.2, -0.15) is 0 Å². The zero-order chi connectivity index (χ0) is 15.2. The van der Waals surface area contributed by atoms with Gasteiger partial charge in [-0.25, -0.2) is 4.79 Å². The van der Waals surface area contributed by atoms with Crippen LogP contribution in [0.15, 0.2) is 53.0 Å². The molecule has 0 atom stereocenters. The van der Waals surface area contributed by atoms with Gasteiger partial charge in [-0.15, -0.1) is 0 Å². The lowest BCUT2D eigenvalue weighted by molar-refractivity contribution is -0.131. The summed E-state index contributed by atoms with van der Waals surface area (Å²) < 4.78 is 7.82. The van der Waals surface area contributed by atoms with E-state index in [-0.39, 0.29) is 0 Å². The van der Waals surface area contributed by atoms with Crippen LogP contribution in [0.5, 0.6) is 5.75 Å². The maximum absolute atomic E-state index is 10.6. The molecular weight excluding hydrogens is 447 g/mol. The average molecular weight is 459 g/mol. The van der Waals surface area contributed by atoms with E-state index in [2.05, 4.69) is 38.5 Å². The quantitative estimate of drug-likeness (QED) is 0.520. The fourth-order valence-corrected chi connectivity index (χ4v) is 2.42. The molecule has 0 radical (unpaired) electrons. The summed E-state index contributed by atoms with van der Waals surface area (Å²) in [6, 6.07) is 13.6. The highest BCUT2D eigenvalue weighted by Crippen LogP contribution is 2.25. The third kappa shape index (κ3) is 5.17. The molecule has 0 bridgehead atoms. The van der Waals surface area contributed by atoms with E-state index in [0.717, 1.165) is 21.7 Å². The topological polar surface area (TPSA) is 46.5 Å². The van der Waals surface area contributed by atoms with Crippen LogP contribution in [0.3, 0.4) is 0 Å². The summed E-state index contributed by atoms with van der Waals surface area (Å²) in [6.07, 6.45) is 2.62. The largest absolute Gasteiger partial charge is 0.488 e. The fraction of sp³-hybridized carbons (Fsp3) is 0.0625. The number of benzene rings is 2. The molecule has 2 aromatic carbocycles. The first-order valence-electron chi connectivity index (χ1n) is 6.12. The first-order chi connectivity index (χ1) is 10.0. The zero-order valence-corrected chi connectivity index (χ0v) is 14.7. The van der Waals surface area contributed by atoms with Crippen LogP contribution >= 0.6 is 38.5 Å². The molecule has 1 N–H and O–H groups in total. The van der Waals surface area contributed by atoms with Crippen LogP contribution in [0.2, 0.25) is 0 Å². The summed E-state index contributed by atoms with van der Waals surface area (Å²) in [4.78, 5) is 10.6. The molecule has 0 aliphatic rings. The van der Waals surface area contributed by atoms with Gasteiger partial charge in [0, 0.05) is 19.7 Å². The van der Waals surface area contributed by atoms with Crippen LogP contribution in [-0.2, 0) is 11.4 Å².